The van der Waals surface area contributed by atoms with Crippen LogP contribution in [0.3, 0.4) is 0 Å². The van der Waals surface area contributed by atoms with Crippen LogP contribution < -0.4 is 5.90 Å². The molecule has 0 saturated heterocycles. The quantitative estimate of drug-likeness (QED) is 0.115. The lowest BCUT2D eigenvalue weighted by molar-refractivity contribution is -0.147. The second kappa shape index (κ2) is 5.91. The molecule has 8 heteroatoms. The van der Waals surface area contributed by atoms with Gasteiger partial charge in [0.2, 0.25) is 11.5 Å². The van der Waals surface area contributed by atoms with Crippen LogP contribution in [-0.4, -0.2) is 24.5 Å². The smallest absolute Gasteiger partial charge is 0.452 e. The number of rotatable bonds is 4. The highest BCUT2D eigenvalue weighted by atomic mass is 19.4. The molecule has 0 aromatic rings. The molecule has 0 aliphatic heterocycles. The lowest BCUT2D eigenvalue weighted by Gasteiger charge is -2.12. The molecule has 0 aliphatic carbocycles. The standard InChI is InChI=1S/C9H8F3NO4/c1-3-5(14)6(8(15)16-4-2)7(17-13)9(10,11)12/h1H,4,13H2,2H3. The Bertz CT molecular complexity index is 392. The zero-order chi connectivity index (χ0) is 13.6. The van der Waals surface area contributed by atoms with Crippen molar-refractivity contribution in [3.8, 4) is 12.3 Å². The molecule has 0 atom stereocenters. The van der Waals surface area contributed by atoms with E-state index >= 15 is 0 Å². The van der Waals surface area contributed by atoms with E-state index < -0.39 is 29.3 Å². The normalized spacial score (nSPS) is 12.2. The summed E-state index contributed by atoms with van der Waals surface area (Å²) in [5.41, 5.74) is -1.45. The molecule has 0 unspecified atom stereocenters. The third-order valence-corrected chi connectivity index (χ3v) is 1.44. The van der Waals surface area contributed by atoms with Gasteiger partial charge in [-0.1, -0.05) is 0 Å². The predicted octanol–water partition coefficient (Wildman–Crippen LogP) is 0.459. The van der Waals surface area contributed by atoms with Gasteiger partial charge in [-0.3, -0.25) is 4.79 Å². The number of allylic oxidation sites excluding steroid dienone is 1. The van der Waals surface area contributed by atoms with Gasteiger partial charge in [0, 0.05) is 0 Å². The van der Waals surface area contributed by atoms with Crippen LogP contribution in [-0.2, 0) is 19.2 Å². The molecule has 0 bridgehead atoms. The average molecular weight is 251 g/mol. The van der Waals surface area contributed by atoms with Crippen molar-refractivity contribution in [2.75, 3.05) is 6.61 Å². The highest BCUT2D eigenvalue weighted by Gasteiger charge is 2.43. The first kappa shape index (κ1) is 15.0. The van der Waals surface area contributed by atoms with Crippen molar-refractivity contribution >= 4 is 11.8 Å². The van der Waals surface area contributed by atoms with Crippen LogP contribution in [0.4, 0.5) is 13.2 Å². The second-order valence-electron chi connectivity index (χ2n) is 2.51. The third kappa shape index (κ3) is 3.81. The lowest BCUT2D eigenvalue weighted by atomic mass is 10.1. The Balaban J connectivity index is 5.74. The van der Waals surface area contributed by atoms with E-state index in [0.29, 0.717) is 0 Å². The summed E-state index contributed by atoms with van der Waals surface area (Å²) in [5, 5.41) is 0. The zero-order valence-corrected chi connectivity index (χ0v) is 8.63. The summed E-state index contributed by atoms with van der Waals surface area (Å²) < 4.78 is 41.4. The van der Waals surface area contributed by atoms with Crippen molar-refractivity contribution in [1.82, 2.24) is 0 Å². The molecule has 0 saturated carbocycles. The summed E-state index contributed by atoms with van der Waals surface area (Å²) in [7, 11) is 0. The fourth-order valence-electron chi connectivity index (χ4n) is 0.831. The molecular weight excluding hydrogens is 243 g/mol. The van der Waals surface area contributed by atoms with E-state index in [2.05, 4.69) is 21.9 Å². The van der Waals surface area contributed by atoms with E-state index in [4.69, 9.17) is 0 Å². The molecule has 0 rings (SSSR count). The van der Waals surface area contributed by atoms with Crippen LogP contribution in [0.5, 0.6) is 0 Å². The lowest BCUT2D eigenvalue weighted by Crippen LogP contribution is -2.27. The average Bonchev–Trinajstić information content (AvgIpc) is 2.23. The molecule has 0 amide bonds. The van der Waals surface area contributed by atoms with Gasteiger partial charge < -0.3 is 9.57 Å². The van der Waals surface area contributed by atoms with Gasteiger partial charge in [-0.15, -0.1) is 6.42 Å². The molecule has 0 aromatic heterocycles. The fraction of sp³-hybridized carbons (Fsp3) is 0.333. The monoisotopic (exact) mass is 251 g/mol. The molecule has 0 spiro atoms. The Morgan fingerprint density at radius 3 is 2.24 bits per heavy atom. The number of carbonyl (C=O) groups is 2. The Hall–Kier alpha value is -2.01. The largest absolute Gasteiger partial charge is 0.462 e. The number of ether oxygens (including phenoxy) is 1. The first-order chi connectivity index (χ1) is 7.79. The number of halogens is 3. The van der Waals surface area contributed by atoms with Crippen LogP contribution >= 0.6 is 0 Å². The van der Waals surface area contributed by atoms with Gasteiger partial charge in [-0.05, 0) is 12.8 Å². The van der Waals surface area contributed by atoms with Crippen molar-refractivity contribution in [1.29, 1.82) is 0 Å². The van der Waals surface area contributed by atoms with Crippen LogP contribution in [0.15, 0.2) is 11.3 Å². The van der Waals surface area contributed by atoms with Crippen molar-refractivity contribution in [2.24, 2.45) is 5.90 Å². The van der Waals surface area contributed by atoms with E-state index in [1.54, 1.807) is 0 Å². The van der Waals surface area contributed by atoms with Gasteiger partial charge in [-0.25, -0.2) is 4.79 Å². The van der Waals surface area contributed by atoms with E-state index in [-0.39, 0.29) is 6.61 Å². The SMILES string of the molecule is C#CC(=O)C(C(=O)OCC)=C(ON)C(F)(F)F. The van der Waals surface area contributed by atoms with E-state index in [1.165, 1.54) is 12.8 Å². The number of esters is 1. The fourth-order valence-corrected chi connectivity index (χ4v) is 0.831. The molecule has 2 N–H and O–H groups in total. The number of nitrogens with two attached hydrogens (primary N) is 1. The van der Waals surface area contributed by atoms with Gasteiger partial charge >= 0.3 is 12.1 Å². The molecule has 5 nitrogen and oxygen atoms in total. The summed E-state index contributed by atoms with van der Waals surface area (Å²) in [4.78, 5) is 25.7. The van der Waals surface area contributed by atoms with E-state index in [0.717, 1.165) is 0 Å². The number of terminal acetylenes is 1. The number of hydrogen-bond donors (Lipinski definition) is 1. The molecule has 17 heavy (non-hydrogen) atoms. The van der Waals surface area contributed by atoms with Crippen molar-refractivity contribution in [3.05, 3.63) is 11.3 Å². The topological polar surface area (TPSA) is 78.6 Å². The minimum absolute atomic E-state index is 0.240. The molecule has 0 radical (unpaired) electrons. The van der Waals surface area contributed by atoms with Gasteiger partial charge in [0.15, 0.2) is 5.57 Å². The summed E-state index contributed by atoms with van der Waals surface area (Å²) in [5.74, 6) is 0.676. The number of ketones is 1. The third-order valence-electron chi connectivity index (χ3n) is 1.44. The van der Waals surface area contributed by atoms with Crippen LogP contribution in [0, 0.1) is 12.3 Å². The maximum Gasteiger partial charge on any atom is 0.452 e. The molecule has 0 fully saturated rings. The minimum atomic E-state index is -5.14. The first-order valence-corrected chi connectivity index (χ1v) is 4.15. The maximum atomic E-state index is 12.4. The Labute approximate surface area is 94.3 Å². The van der Waals surface area contributed by atoms with Crippen LogP contribution in [0.25, 0.3) is 0 Å². The minimum Gasteiger partial charge on any atom is -0.462 e. The first-order valence-electron chi connectivity index (χ1n) is 4.15. The van der Waals surface area contributed by atoms with E-state index in [9.17, 15) is 22.8 Å². The Kier molecular flexibility index (Phi) is 5.21. The summed E-state index contributed by atoms with van der Waals surface area (Å²) in [6, 6.07) is 0. The predicted molar refractivity (Wildman–Crippen MR) is 48.8 cm³/mol. The van der Waals surface area contributed by atoms with E-state index in [1.807, 2.05) is 0 Å². The highest BCUT2D eigenvalue weighted by Crippen LogP contribution is 2.28. The van der Waals surface area contributed by atoms with Gasteiger partial charge in [-0.2, -0.15) is 19.1 Å². The van der Waals surface area contributed by atoms with Gasteiger partial charge in [0.1, 0.15) is 0 Å². The Morgan fingerprint density at radius 2 is 1.94 bits per heavy atom. The highest BCUT2D eigenvalue weighted by molar-refractivity contribution is 6.24. The molecular formula is C9H8F3NO4. The molecule has 0 aliphatic rings. The number of carbonyl (C=O) groups excluding carboxylic acids is 2. The Morgan fingerprint density at radius 1 is 1.41 bits per heavy atom. The summed E-state index contributed by atoms with van der Waals surface area (Å²) >= 11 is 0. The summed E-state index contributed by atoms with van der Waals surface area (Å²) in [6.45, 7) is 1.10. The van der Waals surface area contributed by atoms with Crippen molar-refractivity contribution in [2.45, 2.75) is 13.1 Å². The molecule has 0 aromatic carbocycles. The van der Waals surface area contributed by atoms with Gasteiger partial charge in [0.05, 0.1) is 6.61 Å². The van der Waals surface area contributed by atoms with Crippen LogP contribution in [0.2, 0.25) is 0 Å². The second-order valence-corrected chi connectivity index (χ2v) is 2.51. The van der Waals surface area contributed by atoms with Crippen molar-refractivity contribution < 1.29 is 32.3 Å². The summed E-state index contributed by atoms with van der Waals surface area (Å²) in [6.07, 6.45) is -0.498. The number of Topliss-reactive ketones (excluding diaryl/α,β-unsaturated/α-hetero) is 1. The van der Waals surface area contributed by atoms with Crippen molar-refractivity contribution in [3.63, 3.8) is 0 Å². The zero-order valence-electron chi connectivity index (χ0n) is 8.63. The molecule has 94 valence electrons. The van der Waals surface area contributed by atoms with Crippen LogP contribution in [0.1, 0.15) is 6.92 Å². The number of alkyl halides is 3. The molecule has 0 heterocycles. The maximum absolute atomic E-state index is 12.4. The van der Waals surface area contributed by atoms with Gasteiger partial charge in [0.25, 0.3) is 0 Å². The number of hydrogen-bond acceptors (Lipinski definition) is 5.